The van der Waals surface area contributed by atoms with Crippen molar-refractivity contribution in [2.45, 2.75) is 52.3 Å². The predicted molar refractivity (Wildman–Crippen MR) is 126 cm³/mol. The summed E-state index contributed by atoms with van der Waals surface area (Å²) in [6.45, 7) is 7.34. The van der Waals surface area contributed by atoms with Crippen LogP contribution in [-0.4, -0.2) is 60.5 Å². The second-order valence-corrected chi connectivity index (χ2v) is 8.91. The molecular formula is C25H28N7O3+. The molecule has 1 aliphatic heterocycles. The number of likely N-dealkylation sites (tertiary alicyclic amines) is 1. The van der Waals surface area contributed by atoms with Crippen molar-refractivity contribution in [3.05, 3.63) is 65.9 Å². The van der Waals surface area contributed by atoms with Crippen LogP contribution in [0, 0.1) is 13.3 Å². The monoisotopic (exact) mass is 474 g/mol. The quantitative estimate of drug-likeness (QED) is 0.513. The first-order valence-electron chi connectivity index (χ1n) is 11.4. The van der Waals surface area contributed by atoms with Crippen molar-refractivity contribution in [3.8, 4) is 11.3 Å². The van der Waals surface area contributed by atoms with E-state index >= 15 is 0 Å². The Morgan fingerprint density at radius 2 is 1.97 bits per heavy atom. The molecular weight excluding hydrogens is 446 g/mol. The Hall–Kier alpha value is -4.10. The maximum absolute atomic E-state index is 13.5. The number of hydrogen-bond acceptors (Lipinski definition) is 6. The Morgan fingerprint density at radius 1 is 1.23 bits per heavy atom. The van der Waals surface area contributed by atoms with Gasteiger partial charge >= 0.3 is 6.33 Å². The van der Waals surface area contributed by atoms with E-state index in [9.17, 15) is 14.7 Å². The van der Waals surface area contributed by atoms with Gasteiger partial charge in [-0.25, -0.2) is 4.68 Å². The van der Waals surface area contributed by atoms with Crippen LogP contribution in [0.5, 0.6) is 0 Å². The van der Waals surface area contributed by atoms with Crippen molar-refractivity contribution in [1.29, 1.82) is 0 Å². The van der Waals surface area contributed by atoms with Gasteiger partial charge in [0.2, 0.25) is 11.6 Å². The molecule has 1 unspecified atom stereocenters. The van der Waals surface area contributed by atoms with Crippen molar-refractivity contribution in [2.24, 2.45) is 0 Å². The number of hydrogen-bond donors (Lipinski definition) is 2. The number of aliphatic hydroxyl groups excluding tert-OH is 1. The van der Waals surface area contributed by atoms with E-state index in [1.165, 1.54) is 9.58 Å². The number of aromatic nitrogens is 5. The number of rotatable bonds is 6. The molecule has 0 saturated carbocycles. The first-order valence-corrected chi connectivity index (χ1v) is 11.4. The van der Waals surface area contributed by atoms with E-state index in [1.54, 1.807) is 39.2 Å². The van der Waals surface area contributed by atoms with E-state index in [4.69, 9.17) is 0 Å². The van der Waals surface area contributed by atoms with Crippen LogP contribution in [0.25, 0.3) is 17.0 Å². The number of benzene rings is 1. The summed E-state index contributed by atoms with van der Waals surface area (Å²) in [6, 6.07) is 8.38. The van der Waals surface area contributed by atoms with E-state index in [0.29, 0.717) is 11.4 Å². The summed E-state index contributed by atoms with van der Waals surface area (Å²) < 4.78 is 1.42. The number of aliphatic hydroxyl groups is 1. The molecule has 180 valence electrons. The number of aryl methyl sites for hydroxylation is 1. The largest absolute Gasteiger partial charge is 0.429 e. The van der Waals surface area contributed by atoms with Crippen LogP contribution >= 0.6 is 0 Å². The van der Waals surface area contributed by atoms with Gasteiger partial charge in [-0.1, -0.05) is 17.3 Å². The van der Waals surface area contributed by atoms with Crippen molar-refractivity contribution in [2.75, 3.05) is 6.54 Å². The lowest BCUT2D eigenvalue weighted by Crippen LogP contribution is -2.47. The van der Waals surface area contributed by atoms with E-state index < -0.39 is 12.1 Å². The lowest BCUT2D eigenvalue weighted by molar-refractivity contribution is -0.283. The van der Waals surface area contributed by atoms with Gasteiger partial charge in [-0.15, -0.1) is 5.10 Å². The SMILES string of the molecule is CC(C)=C(C(=O)N1CC(O)C[C@H]1C(=O)N[C@@H](C)c1ccc(-c2ccnc#[n+]2)cc1)n1cc(C)nn1. The predicted octanol–water partition coefficient (Wildman–Crippen LogP) is 1.14. The van der Waals surface area contributed by atoms with E-state index in [2.05, 4.69) is 31.9 Å². The standard InChI is InChI=1S/C25H27N7O3/c1-15(2)23(32-12-16(3)29-30-32)25(35)31-13-20(33)11-22(31)24(34)28-17(4)18-5-7-19(8-6-18)21-9-10-26-14-27-21/h5-10,12,17,20,22,33H,11,13H2,1-4H3/p+1/t17-,20?,22-/m0/s1. The van der Waals surface area contributed by atoms with Gasteiger partial charge in [0.1, 0.15) is 11.7 Å². The fourth-order valence-electron chi connectivity index (χ4n) is 4.18. The topological polar surface area (TPSA) is 127 Å². The highest BCUT2D eigenvalue weighted by Crippen LogP contribution is 2.25. The molecule has 2 amide bonds. The molecule has 4 rings (SSSR count). The van der Waals surface area contributed by atoms with Crippen molar-refractivity contribution >= 4 is 17.5 Å². The zero-order valence-corrected chi connectivity index (χ0v) is 20.1. The van der Waals surface area contributed by atoms with Gasteiger partial charge in [-0.05, 0) is 51.0 Å². The van der Waals surface area contributed by atoms with Crippen LogP contribution < -0.4 is 10.3 Å². The molecule has 1 fully saturated rings. The summed E-state index contributed by atoms with van der Waals surface area (Å²) in [6.07, 6.45) is 5.25. The molecule has 0 spiro atoms. The van der Waals surface area contributed by atoms with Crippen LogP contribution in [0.4, 0.5) is 0 Å². The van der Waals surface area contributed by atoms with E-state index in [1.807, 2.05) is 31.2 Å². The minimum Gasteiger partial charge on any atom is -0.391 e. The van der Waals surface area contributed by atoms with E-state index in [0.717, 1.165) is 22.4 Å². The van der Waals surface area contributed by atoms with Crippen LogP contribution in [0.1, 0.15) is 44.5 Å². The summed E-state index contributed by atoms with van der Waals surface area (Å²) in [5, 5.41) is 21.3. The van der Waals surface area contributed by atoms with Crippen LogP contribution in [0.3, 0.4) is 0 Å². The van der Waals surface area contributed by atoms with Crippen molar-refractivity contribution < 1.29 is 19.7 Å². The first kappa shape index (κ1) is 24.0. The maximum Gasteiger partial charge on any atom is 0.429 e. The molecule has 0 bridgehead atoms. The molecule has 3 atom stereocenters. The Kier molecular flexibility index (Phi) is 6.89. The highest BCUT2D eigenvalue weighted by Gasteiger charge is 2.41. The lowest BCUT2D eigenvalue weighted by Gasteiger charge is -2.26. The number of nitrogens with zero attached hydrogens (tertiary/aromatic N) is 6. The molecule has 10 nitrogen and oxygen atoms in total. The zero-order valence-electron chi connectivity index (χ0n) is 20.1. The molecule has 0 aliphatic carbocycles. The van der Waals surface area contributed by atoms with Gasteiger partial charge in [0.25, 0.3) is 5.91 Å². The smallest absolute Gasteiger partial charge is 0.391 e. The summed E-state index contributed by atoms with van der Waals surface area (Å²) in [5.41, 5.74) is 4.30. The minimum absolute atomic E-state index is 0.0698. The lowest BCUT2D eigenvalue weighted by atomic mass is 10.0. The fourth-order valence-corrected chi connectivity index (χ4v) is 4.18. The molecule has 1 aliphatic rings. The average Bonchev–Trinajstić information content (AvgIpc) is 3.45. The normalized spacial score (nSPS) is 18.0. The number of allylic oxidation sites excluding steroid dienone is 1. The van der Waals surface area contributed by atoms with Crippen molar-refractivity contribution in [1.82, 2.24) is 30.2 Å². The number of nitrogens with one attached hydrogen (secondary N) is 1. The third kappa shape index (κ3) is 5.20. The molecule has 1 saturated heterocycles. The molecule has 3 heterocycles. The second kappa shape index (κ2) is 10.0. The van der Waals surface area contributed by atoms with Gasteiger partial charge in [0.05, 0.1) is 24.0 Å². The van der Waals surface area contributed by atoms with Crippen LogP contribution in [0.15, 0.2) is 48.3 Å². The second-order valence-electron chi connectivity index (χ2n) is 8.91. The molecule has 35 heavy (non-hydrogen) atoms. The number of carbonyl (C=O) groups is 2. The summed E-state index contributed by atoms with van der Waals surface area (Å²) in [4.78, 5) is 36.0. The highest BCUT2D eigenvalue weighted by molar-refractivity contribution is 6.15. The summed E-state index contributed by atoms with van der Waals surface area (Å²) in [5.74, 6) is -0.690. The average molecular weight is 475 g/mol. The molecule has 2 aromatic heterocycles. The maximum atomic E-state index is 13.5. The minimum atomic E-state index is -0.797. The molecule has 2 N–H and O–H groups in total. The highest BCUT2D eigenvalue weighted by atomic mass is 16.3. The van der Waals surface area contributed by atoms with Gasteiger partial charge < -0.3 is 15.3 Å². The number of amides is 2. The zero-order chi connectivity index (χ0) is 25.1. The Labute approximate surface area is 203 Å². The molecule has 1 aromatic carbocycles. The first-order chi connectivity index (χ1) is 16.7. The van der Waals surface area contributed by atoms with Gasteiger partial charge in [-0.2, -0.15) is 4.98 Å². The van der Waals surface area contributed by atoms with Crippen LogP contribution in [0.2, 0.25) is 0 Å². The fraction of sp³-hybridized carbons (Fsp3) is 0.360. The van der Waals surface area contributed by atoms with Gasteiger partial charge in [0.15, 0.2) is 6.20 Å². The van der Waals surface area contributed by atoms with Gasteiger partial charge in [0, 0.05) is 29.6 Å². The molecule has 0 radical (unpaired) electrons. The summed E-state index contributed by atoms with van der Waals surface area (Å²) in [7, 11) is 0. The number of β-amino-alcohol motifs (C(OH)–C–C–N with tert-alkyl or cyclic N) is 1. The molecule has 10 heteroatoms. The summed E-state index contributed by atoms with van der Waals surface area (Å²) >= 11 is 0. The third-order valence-electron chi connectivity index (χ3n) is 5.96. The Morgan fingerprint density at radius 3 is 2.57 bits per heavy atom. The van der Waals surface area contributed by atoms with Crippen molar-refractivity contribution in [3.63, 3.8) is 0 Å². The van der Waals surface area contributed by atoms with Crippen LogP contribution in [-0.2, 0) is 9.59 Å². The third-order valence-corrected chi connectivity index (χ3v) is 5.96. The Balaban J connectivity index is 1.49. The Bertz CT molecular complexity index is 1230. The van der Waals surface area contributed by atoms with Gasteiger partial charge in [-0.3, -0.25) is 9.59 Å². The number of carbonyl (C=O) groups excluding carboxylic acids is 2. The van der Waals surface area contributed by atoms with E-state index in [-0.39, 0.29) is 30.8 Å². The molecule has 3 aromatic rings.